The van der Waals surface area contributed by atoms with Gasteiger partial charge in [-0.2, -0.15) is 0 Å². The summed E-state index contributed by atoms with van der Waals surface area (Å²) in [6, 6.07) is 1.01. The molecule has 0 fully saturated rings. The van der Waals surface area contributed by atoms with Crippen LogP contribution in [0.5, 0.6) is 0 Å². The molecule has 0 saturated carbocycles. The first-order valence-corrected chi connectivity index (χ1v) is 7.33. The van der Waals surface area contributed by atoms with Gasteiger partial charge in [0.15, 0.2) is 5.65 Å². The Labute approximate surface area is 130 Å². The van der Waals surface area contributed by atoms with Crippen LogP contribution in [0.1, 0.15) is 35.1 Å². The molecule has 0 aliphatic carbocycles. The molecule has 2 aromatic rings. The second kappa shape index (κ2) is 5.85. The summed E-state index contributed by atoms with van der Waals surface area (Å²) >= 11 is 3.42. The maximum atomic E-state index is 12.4. The molecule has 0 radical (unpaired) electrons. The van der Waals surface area contributed by atoms with Crippen LogP contribution in [0.15, 0.2) is 16.7 Å². The number of hydrogen-bond donors (Lipinski definition) is 2. The van der Waals surface area contributed by atoms with Crippen LogP contribution in [0.25, 0.3) is 5.65 Å². The minimum absolute atomic E-state index is 0.319. The number of carboxylic acid groups (broad SMARTS) is 1. The standard InChI is InChI=1S/C14H16BrN3O3/c1-4-10(14(20)21)17-13(19)11-8(3)16-12-9(15)5-7(2)6-18(11)12/h5-6,10H,4H2,1-3H3,(H,17,19)(H,20,21). The van der Waals surface area contributed by atoms with Crippen LogP contribution >= 0.6 is 15.9 Å². The Kier molecular flexibility index (Phi) is 4.32. The van der Waals surface area contributed by atoms with Gasteiger partial charge in [-0.1, -0.05) is 6.92 Å². The zero-order valence-electron chi connectivity index (χ0n) is 12.0. The van der Waals surface area contributed by atoms with Gasteiger partial charge in [0, 0.05) is 6.20 Å². The normalized spacial score (nSPS) is 12.4. The minimum atomic E-state index is -1.05. The Morgan fingerprint density at radius 3 is 2.71 bits per heavy atom. The van der Waals surface area contributed by atoms with Crippen LogP contribution in [0.4, 0.5) is 0 Å². The SMILES string of the molecule is CCC(NC(=O)c1c(C)nc2c(Br)cc(C)cn12)C(=O)O. The fourth-order valence-electron chi connectivity index (χ4n) is 2.18. The molecule has 7 heteroatoms. The molecular formula is C14H16BrN3O3. The molecule has 6 nitrogen and oxygen atoms in total. The summed E-state index contributed by atoms with van der Waals surface area (Å²) in [5, 5.41) is 11.6. The molecule has 21 heavy (non-hydrogen) atoms. The number of nitrogens with zero attached hydrogens (tertiary/aromatic N) is 2. The largest absolute Gasteiger partial charge is 0.480 e. The van der Waals surface area contributed by atoms with Gasteiger partial charge in [-0.15, -0.1) is 0 Å². The van der Waals surface area contributed by atoms with Crippen LogP contribution < -0.4 is 5.32 Å². The Morgan fingerprint density at radius 1 is 1.48 bits per heavy atom. The number of halogens is 1. The van der Waals surface area contributed by atoms with Crippen molar-refractivity contribution in [2.24, 2.45) is 0 Å². The van der Waals surface area contributed by atoms with Crippen molar-refractivity contribution < 1.29 is 14.7 Å². The van der Waals surface area contributed by atoms with E-state index in [2.05, 4.69) is 26.2 Å². The molecule has 2 N–H and O–H groups in total. The molecule has 0 saturated heterocycles. The van der Waals surface area contributed by atoms with Crippen LogP contribution in [0.3, 0.4) is 0 Å². The number of carboxylic acids is 1. The first kappa shape index (κ1) is 15.5. The molecule has 0 spiro atoms. The Bertz CT molecular complexity index is 724. The molecule has 2 aromatic heterocycles. The molecule has 2 heterocycles. The third kappa shape index (κ3) is 2.92. The Hall–Kier alpha value is -1.89. The second-order valence-electron chi connectivity index (χ2n) is 4.88. The lowest BCUT2D eigenvalue weighted by atomic mass is 10.2. The predicted octanol–water partition coefficient (Wildman–Crippen LogP) is 2.31. The average Bonchev–Trinajstić information content (AvgIpc) is 2.72. The molecular weight excluding hydrogens is 338 g/mol. The van der Waals surface area contributed by atoms with E-state index in [4.69, 9.17) is 5.11 Å². The molecule has 1 unspecified atom stereocenters. The van der Waals surface area contributed by atoms with Crippen LogP contribution in [-0.2, 0) is 4.79 Å². The number of aromatic nitrogens is 2. The number of hydrogen-bond acceptors (Lipinski definition) is 3. The quantitative estimate of drug-likeness (QED) is 0.883. The van der Waals surface area contributed by atoms with Crippen LogP contribution in [-0.4, -0.2) is 32.4 Å². The number of aliphatic carboxylic acids is 1. The number of carbonyl (C=O) groups is 2. The van der Waals surface area contributed by atoms with E-state index >= 15 is 0 Å². The lowest BCUT2D eigenvalue weighted by Gasteiger charge is -2.12. The zero-order valence-corrected chi connectivity index (χ0v) is 13.6. The summed E-state index contributed by atoms with van der Waals surface area (Å²) in [6.07, 6.45) is 2.12. The third-order valence-electron chi connectivity index (χ3n) is 3.21. The van der Waals surface area contributed by atoms with Gasteiger partial charge in [-0.25, -0.2) is 9.78 Å². The van der Waals surface area contributed by atoms with Gasteiger partial charge in [0.05, 0.1) is 10.2 Å². The van der Waals surface area contributed by atoms with Crippen molar-refractivity contribution in [1.29, 1.82) is 0 Å². The lowest BCUT2D eigenvalue weighted by molar-refractivity contribution is -0.139. The molecule has 1 atom stereocenters. The summed E-state index contributed by atoms with van der Waals surface area (Å²) in [7, 11) is 0. The lowest BCUT2D eigenvalue weighted by Crippen LogP contribution is -2.40. The van der Waals surface area contributed by atoms with E-state index in [9.17, 15) is 9.59 Å². The van der Waals surface area contributed by atoms with Gasteiger partial charge >= 0.3 is 5.97 Å². The summed E-state index contributed by atoms with van der Waals surface area (Å²) in [5.41, 5.74) is 2.51. The van der Waals surface area contributed by atoms with E-state index in [1.165, 1.54) is 0 Å². The number of aryl methyl sites for hydroxylation is 2. The Balaban J connectivity index is 2.48. The molecule has 0 aliphatic rings. The topological polar surface area (TPSA) is 83.7 Å². The van der Waals surface area contributed by atoms with Crippen molar-refractivity contribution in [2.75, 3.05) is 0 Å². The summed E-state index contributed by atoms with van der Waals surface area (Å²) in [4.78, 5) is 27.8. The van der Waals surface area contributed by atoms with Gasteiger partial charge in [0.1, 0.15) is 11.7 Å². The van der Waals surface area contributed by atoms with E-state index in [1.807, 2.05) is 13.0 Å². The summed E-state index contributed by atoms with van der Waals surface area (Å²) in [6.45, 7) is 5.35. The van der Waals surface area contributed by atoms with Crippen LogP contribution in [0.2, 0.25) is 0 Å². The highest BCUT2D eigenvalue weighted by atomic mass is 79.9. The van der Waals surface area contributed by atoms with Crippen molar-refractivity contribution in [1.82, 2.24) is 14.7 Å². The second-order valence-corrected chi connectivity index (χ2v) is 5.73. The van der Waals surface area contributed by atoms with Gasteiger partial charge in [0.25, 0.3) is 5.91 Å². The van der Waals surface area contributed by atoms with Gasteiger partial charge in [-0.3, -0.25) is 9.20 Å². The molecule has 2 rings (SSSR count). The number of rotatable bonds is 4. The van der Waals surface area contributed by atoms with Gasteiger partial charge < -0.3 is 10.4 Å². The van der Waals surface area contributed by atoms with Gasteiger partial charge in [0.2, 0.25) is 0 Å². The van der Waals surface area contributed by atoms with E-state index < -0.39 is 17.9 Å². The number of fused-ring (bicyclic) bond motifs is 1. The average molecular weight is 354 g/mol. The number of carbonyl (C=O) groups excluding carboxylic acids is 1. The van der Waals surface area contributed by atoms with E-state index in [-0.39, 0.29) is 0 Å². The molecule has 0 aromatic carbocycles. The number of pyridine rings is 1. The molecule has 112 valence electrons. The maximum Gasteiger partial charge on any atom is 0.326 e. The first-order chi connectivity index (χ1) is 9.85. The van der Waals surface area contributed by atoms with Crippen molar-refractivity contribution in [3.05, 3.63) is 33.7 Å². The molecule has 1 amide bonds. The molecule has 0 aliphatic heterocycles. The monoisotopic (exact) mass is 353 g/mol. The van der Waals surface area contributed by atoms with E-state index in [0.29, 0.717) is 23.5 Å². The van der Waals surface area contributed by atoms with E-state index in [1.54, 1.807) is 24.4 Å². The summed E-state index contributed by atoms with van der Waals surface area (Å²) in [5.74, 6) is -1.48. The van der Waals surface area contributed by atoms with Crippen molar-refractivity contribution in [2.45, 2.75) is 33.2 Å². The number of nitrogens with one attached hydrogen (secondary N) is 1. The number of amides is 1. The fourth-order valence-corrected chi connectivity index (χ4v) is 2.82. The highest BCUT2D eigenvalue weighted by Crippen LogP contribution is 2.22. The fraction of sp³-hybridized carbons (Fsp3) is 0.357. The third-order valence-corrected chi connectivity index (χ3v) is 3.80. The van der Waals surface area contributed by atoms with Crippen molar-refractivity contribution >= 4 is 33.5 Å². The van der Waals surface area contributed by atoms with Crippen LogP contribution in [0, 0.1) is 13.8 Å². The van der Waals surface area contributed by atoms with E-state index in [0.717, 1.165) is 10.0 Å². The highest BCUT2D eigenvalue weighted by molar-refractivity contribution is 9.10. The highest BCUT2D eigenvalue weighted by Gasteiger charge is 2.23. The summed E-state index contributed by atoms with van der Waals surface area (Å²) < 4.78 is 2.47. The number of imidazole rings is 1. The predicted molar refractivity (Wildman–Crippen MR) is 81.5 cm³/mol. The smallest absolute Gasteiger partial charge is 0.326 e. The Morgan fingerprint density at radius 2 is 2.14 bits per heavy atom. The molecule has 0 bridgehead atoms. The maximum absolute atomic E-state index is 12.4. The van der Waals surface area contributed by atoms with Crippen molar-refractivity contribution in [3.63, 3.8) is 0 Å². The minimum Gasteiger partial charge on any atom is -0.480 e. The first-order valence-electron chi connectivity index (χ1n) is 6.53. The van der Waals surface area contributed by atoms with Crippen molar-refractivity contribution in [3.8, 4) is 0 Å². The zero-order chi connectivity index (χ0) is 15.7. The van der Waals surface area contributed by atoms with Gasteiger partial charge in [-0.05, 0) is 47.8 Å².